The normalized spacial score (nSPS) is 11.9. The zero-order valence-electron chi connectivity index (χ0n) is 11.8. The van der Waals surface area contributed by atoms with Gasteiger partial charge in [0.15, 0.2) is 0 Å². The molecule has 0 aliphatic rings. The Balaban J connectivity index is 2.19. The van der Waals surface area contributed by atoms with Crippen molar-refractivity contribution >= 4 is 17.3 Å². The number of nitrogen functional groups attached to an aromatic ring is 1. The summed E-state index contributed by atoms with van der Waals surface area (Å²) in [5, 5.41) is 3.26. The summed E-state index contributed by atoms with van der Waals surface area (Å²) in [4.78, 5) is 11.6. The monoisotopic (exact) mass is 274 g/mol. The largest absolute Gasteiger partial charge is 0.465 e. The summed E-state index contributed by atoms with van der Waals surface area (Å²) in [7, 11) is 1.33. The number of rotatable bonds is 4. The number of esters is 1. The van der Waals surface area contributed by atoms with Crippen LogP contribution in [0.5, 0.6) is 0 Å². The van der Waals surface area contributed by atoms with Crippen molar-refractivity contribution in [3.8, 4) is 0 Å². The molecule has 1 unspecified atom stereocenters. The first kappa shape index (κ1) is 14.0. The van der Waals surface area contributed by atoms with Crippen LogP contribution in [0, 0.1) is 6.92 Å². The molecule has 1 aromatic carbocycles. The lowest BCUT2D eigenvalue weighted by atomic mass is 10.1. The zero-order valence-corrected chi connectivity index (χ0v) is 11.8. The Labute approximate surface area is 117 Å². The highest BCUT2D eigenvalue weighted by molar-refractivity contribution is 5.96. The Morgan fingerprint density at radius 3 is 2.70 bits per heavy atom. The number of nitrogens with one attached hydrogen (secondary N) is 1. The molecule has 0 spiro atoms. The smallest absolute Gasteiger partial charge is 0.340 e. The predicted molar refractivity (Wildman–Crippen MR) is 77.7 cm³/mol. The van der Waals surface area contributed by atoms with Gasteiger partial charge in [-0.25, -0.2) is 4.79 Å². The number of hydrogen-bond acceptors (Lipinski definition) is 5. The van der Waals surface area contributed by atoms with Crippen molar-refractivity contribution in [3.05, 3.63) is 47.4 Å². The maximum atomic E-state index is 11.6. The minimum absolute atomic E-state index is 0.0159. The fraction of sp³-hybridized carbons (Fsp3) is 0.267. The number of furan rings is 1. The molecule has 0 aliphatic heterocycles. The molecule has 5 nitrogen and oxygen atoms in total. The van der Waals surface area contributed by atoms with E-state index in [9.17, 15) is 4.79 Å². The third kappa shape index (κ3) is 2.93. The van der Waals surface area contributed by atoms with Crippen LogP contribution in [0.25, 0.3) is 0 Å². The molecule has 2 rings (SSSR count). The fourth-order valence-corrected chi connectivity index (χ4v) is 1.94. The van der Waals surface area contributed by atoms with E-state index in [1.165, 1.54) is 7.11 Å². The predicted octanol–water partition coefficient (Wildman–Crippen LogP) is 3.13. The molecule has 0 saturated carbocycles. The third-order valence-corrected chi connectivity index (χ3v) is 3.03. The molecular formula is C15H18N2O3. The van der Waals surface area contributed by atoms with Gasteiger partial charge in [0.2, 0.25) is 0 Å². The molecule has 106 valence electrons. The number of carbonyl (C=O) groups is 1. The van der Waals surface area contributed by atoms with Crippen LogP contribution in [0.4, 0.5) is 11.4 Å². The van der Waals surface area contributed by atoms with Gasteiger partial charge in [-0.3, -0.25) is 0 Å². The van der Waals surface area contributed by atoms with E-state index < -0.39 is 5.97 Å². The topological polar surface area (TPSA) is 77.5 Å². The Morgan fingerprint density at radius 2 is 2.10 bits per heavy atom. The van der Waals surface area contributed by atoms with Crippen molar-refractivity contribution in [3.63, 3.8) is 0 Å². The second-order valence-electron chi connectivity index (χ2n) is 4.61. The lowest BCUT2D eigenvalue weighted by Crippen LogP contribution is -2.09. The summed E-state index contributed by atoms with van der Waals surface area (Å²) < 4.78 is 10.3. The summed E-state index contributed by atoms with van der Waals surface area (Å²) >= 11 is 0. The van der Waals surface area contributed by atoms with E-state index in [1.54, 1.807) is 12.1 Å². The average Bonchev–Trinajstić information content (AvgIpc) is 2.87. The molecule has 0 amide bonds. The number of hydrogen-bond donors (Lipinski definition) is 2. The number of carbonyl (C=O) groups excluding carboxylic acids is 1. The van der Waals surface area contributed by atoms with Crippen molar-refractivity contribution in [1.29, 1.82) is 0 Å². The van der Waals surface area contributed by atoms with E-state index in [1.807, 2.05) is 32.0 Å². The Morgan fingerprint density at radius 1 is 1.35 bits per heavy atom. The fourth-order valence-electron chi connectivity index (χ4n) is 1.94. The quantitative estimate of drug-likeness (QED) is 0.661. The van der Waals surface area contributed by atoms with Crippen molar-refractivity contribution in [1.82, 2.24) is 0 Å². The molecule has 1 heterocycles. The highest BCUT2D eigenvalue weighted by Crippen LogP contribution is 2.24. The van der Waals surface area contributed by atoms with Gasteiger partial charge in [0.1, 0.15) is 11.5 Å². The van der Waals surface area contributed by atoms with Crippen molar-refractivity contribution in [2.24, 2.45) is 0 Å². The summed E-state index contributed by atoms with van der Waals surface area (Å²) in [5.41, 5.74) is 7.28. The summed E-state index contributed by atoms with van der Waals surface area (Å²) in [5.74, 6) is 1.24. The molecule has 1 aromatic heterocycles. The molecule has 0 bridgehead atoms. The Hall–Kier alpha value is -2.43. The van der Waals surface area contributed by atoms with Gasteiger partial charge in [-0.1, -0.05) is 0 Å². The molecule has 20 heavy (non-hydrogen) atoms. The number of benzene rings is 1. The van der Waals surface area contributed by atoms with Crippen LogP contribution in [0.1, 0.15) is 34.8 Å². The second-order valence-corrected chi connectivity index (χ2v) is 4.61. The van der Waals surface area contributed by atoms with Crippen LogP contribution in [-0.4, -0.2) is 13.1 Å². The average molecular weight is 274 g/mol. The first-order valence-corrected chi connectivity index (χ1v) is 6.32. The molecule has 5 heteroatoms. The van der Waals surface area contributed by atoms with E-state index in [-0.39, 0.29) is 6.04 Å². The van der Waals surface area contributed by atoms with E-state index in [0.29, 0.717) is 11.3 Å². The number of aryl methyl sites for hydroxylation is 1. The summed E-state index contributed by atoms with van der Waals surface area (Å²) in [6.07, 6.45) is 0. The van der Waals surface area contributed by atoms with Gasteiger partial charge >= 0.3 is 5.97 Å². The summed E-state index contributed by atoms with van der Waals surface area (Å²) in [6.45, 7) is 3.88. The van der Waals surface area contributed by atoms with Crippen LogP contribution in [0.3, 0.4) is 0 Å². The lowest BCUT2D eigenvalue weighted by Gasteiger charge is -2.14. The number of ether oxygens (including phenoxy) is 1. The van der Waals surface area contributed by atoms with Crippen molar-refractivity contribution in [2.45, 2.75) is 19.9 Å². The van der Waals surface area contributed by atoms with Crippen LogP contribution in [0.2, 0.25) is 0 Å². The molecular weight excluding hydrogens is 256 g/mol. The SMILES string of the molecule is COC(=O)c1cc(NC(C)c2ccc(C)o2)ccc1N. The highest BCUT2D eigenvalue weighted by Gasteiger charge is 2.13. The van der Waals surface area contributed by atoms with Gasteiger partial charge in [-0.05, 0) is 44.2 Å². The third-order valence-electron chi connectivity index (χ3n) is 3.03. The van der Waals surface area contributed by atoms with Crippen molar-refractivity contribution in [2.75, 3.05) is 18.2 Å². The van der Waals surface area contributed by atoms with Gasteiger partial charge in [-0.2, -0.15) is 0 Å². The van der Waals surface area contributed by atoms with Gasteiger partial charge in [0.25, 0.3) is 0 Å². The lowest BCUT2D eigenvalue weighted by molar-refractivity contribution is 0.0602. The first-order chi connectivity index (χ1) is 9.51. The van der Waals surface area contributed by atoms with Crippen LogP contribution in [-0.2, 0) is 4.74 Å². The molecule has 0 saturated heterocycles. The maximum absolute atomic E-state index is 11.6. The van der Waals surface area contributed by atoms with Crippen LogP contribution < -0.4 is 11.1 Å². The second kappa shape index (κ2) is 5.69. The highest BCUT2D eigenvalue weighted by atomic mass is 16.5. The van der Waals surface area contributed by atoms with Gasteiger partial charge in [0, 0.05) is 11.4 Å². The Kier molecular flexibility index (Phi) is 3.98. The first-order valence-electron chi connectivity index (χ1n) is 6.32. The minimum Gasteiger partial charge on any atom is -0.465 e. The maximum Gasteiger partial charge on any atom is 0.340 e. The van der Waals surface area contributed by atoms with E-state index >= 15 is 0 Å². The van der Waals surface area contributed by atoms with Crippen molar-refractivity contribution < 1.29 is 13.9 Å². The van der Waals surface area contributed by atoms with E-state index in [0.717, 1.165) is 17.2 Å². The van der Waals surface area contributed by atoms with Gasteiger partial charge in [-0.15, -0.1) is 0 Å². The molecule has 1 atom stereocenters. The molecule has 2 aromatic rings. The van der Waals surface area contributed by atoms with Crippen LogP contribution in [0.15, 0.2) is 34.7 Å². The number of nitrogens with two attached hydrogens (primary N) is 1. The van der Waals surface area contributed by atoms with Crippen LogP contribution >= 0.6 is 0 Å². The summed E-state index contributed by atoms with van der Waals surface area (Å²) in [6, 6.07) is 8.98. The molecule has 3 N–H and O–H groups in total. The van der Waals surface area contributed by atoms with E-state index in [4.69, 9.17) is 14.9 Å². The molecule has 0 radical (unpaired) electrons. The number of anilines is 2. The Bertz CT molecular complexity index is 619. The van der Waals surface area contributed by atoms with Gasteiger partial charge < -0.3 is 20.2 Å². The minimum atomic E-state index is -0.451. The molecule has 0 fully saturated rings. The zero-order chi connectivity index (χ0) is 14.7. The molecule has 0 aliphatic carbocycles. The number of methoxy groups -OCH3 is 1. The standard InChI is InChI=1S/C15H18N2O3/c1-9-4-7-14(20-9)10(2)17-11-5-6-13(16)12(8-11)15(18)19-3/h4-8,10,17H,16H2,1-3H3. The van der Waals surface area contributed by atoms with E-state index in [2.05, 4.69) is 5.32 Å². The van der Waals surface area contributed by atoms with Gasteiger partial charge in [0.05, 0.1) is 18.7 Å².